The molecule has 1 aromatic rings. The van der Waals surface area contributed by atoms with Crippen molar-refractivity contribution in [3.63, 3.8) is 0 Å². The summed E-state index contributed by atoms with van der Waals surface area (Å²) in [4.78, 5) is 27.3. The summed E-state index contributed by atoms with van der Waals surface area (Å²) in [6.45, 7) is 2.11. The maximum Gasteiger partial charge on any atom is 0.255 e. The highest BCUT2D eigenvalue weighted by Crippen LogP contribution is 2.25. The van der Waals surface area contributed by atoms with Crippen molar-refractivity contribution in [2.24, 2.45) is 5.92 Å². The van der Waals surface area contributed by atoms with E-state index in [1.54, 1.807) is 0 Å². The lowest BCUT2D eigenvalue weighted by Crippen LogP contribution is -2.38. The third-order valence-electron chi connectivity index (χ3n) is 6.11. The summed E-state index contributed by atoms with van der Waals surface area (Å²) in [5, 5.41) is 6.34. The molecule has 2 aliphatic rings. The minimum absolute atomic E-state index is 0.00843. The molecule has 27 heavy (non-hydrogen) atoms. The molecule has 1 aliphatic carbocycles. The molecule has 0 radical (unpaired) electrons. The second-order valence-corrected chi connectivity index (χ2v) is 8.03. The number of hydrogen-bond donors (Lipinski definition) is 2. The maximum atomic E-state index is 13.0. The number of nitrogens with zero attached hydrogens (tertiary/aromatic N) is 1. The molecule has 2 amide bonds. The van der Waals surface area contributed by atoms with Gasteiger partial charge in [0.25, 0.3) is 5.91 Å². The molecule has 148 valence electrons. The van der Waals surface area contributed by atoms with Crippen LogP contribution in [0.15, 0.2) is 24.3 Å². The average molecular weight is 372 g/mol. The van der Waals surface area contributed by atoms with Crippen molar-refractivity contribution in [3.8, 4) is 0 Å². The van der Waals surface area contributed by atoms with Crippen molar-refractivity contribution in [1.82, 2.24) is 10.2 Å². The van der Waals surface area contributed by atoms with Crippen LogP contribution in [0.2, 0.25) is 0 Å². The van der Waals surface area contributed by atoms with Crippen LogP contribution >= 0.6 is 0 Å². The van der Waals surface area contributed by atoms with E-state index in [-0.39, 0.29) is 11.8 Å². The SMILES string of the molecule is CN(C(=O)c1ccccc1NC(=O)CCC1CCNCC1)C1CCCCC1. The Bertz CT molecular complexity index is 634. The number of carbonyl (C=O) groups is 2. The lowest BCUT2D eigenvalue weighted by Gasteiger charge is -2.31. The van der Waals surface area contributed by atoms with E-state index in [1.807, 2.05) is 36.2 Å². The second kappa shape index (κ2) is 9.88. The van der Waals surface area contributed by atoms with Crippen molar-refractivity contribution < 1.29 is 9.59 Å². The first-order valence-electron chi connectivity index (χ1n) is 10.5. The summed E-state index contributed by atoms with van der Waals surface area (Å²) in [6.07, 6.45) is 9.54. The van der Waals surface area contributed by atoms with Crippen LogP contribution in [-0.2, 0) is 4.79 Å². The van der Waals surface area contributed by atoms with Gasteiger partial charge in [0.1, 0.15) is 0 Å². The van der Waals surface area contributed by atoms with E-state index in [0.29, 0.717) is 29.6 Å². The second-order valence-electron chi connectivity index (χ2n) is 8.03. The summed E-state index contributed by atoms with van der Waals surface area (Å²) in [7, 11) is 1.90. The average Bonchev–Trinajstić information content (AvgIpc) is 2.73. The van der Waals surface area contributed by atoms with Crippen molar-refractivity contribution in [3.05, 3.63) is 29.8 Å². The molecule has 0 atom stereocenters. The molecule has 0 aromatic heterocycles. The maximum absolute atomic E-state index is 13.0. The molecule has 1 heterocycles. The molecule has 5 nitrogen and oxygen atoms in total. The lowest BCUT2D eigenvalue weighted by atomic mass is 9.93. The molecule has 0 spiro atoms. The van der Waals surface area contributed by atoms with Crippen LogP contribution in [0.4, 0.5) is 5.69 Å². The molecule has 1 aromatic carbocycles. The topological polar surface area (TPSA) is 61.4 Å². The Morgan fingerprint density at radius 2 is 1.78 bits per heavy atom. The highest BCUT2D eigenvalue weighted by molar-refractivity contribution is 6.03. The van der Waals surface area contributed by atoms with Gasteiger partial charge in [-0.2, -0.15) is 0 Å². The van der Waals surface area contributed by atoms with E-state index in [4.69, 9.17) is 0 Å². The van der Waals surface area contributed by atoms with Crippen LogP contribution in [0.1, 0.15) is 68.1 Å². The third kappa shape index (κ3) is 5.55. The molecule has 2 N–H and O–H groups in total. The normalized spacial score (nSPS) is 18.9. The minimum Gasteiger partial charge on any atom is -0.339 e. The predicted molar refractivity (Wildman–Crippen MR) is 109 cm³/mol. The molecule has 0 unspecified atom stereocenters. The summed E-state index contributed by atoms with van der Waals surface area (Å²) in [6, 6.07) is 7.72. The van der Waals surface area contributed by atoms with Crippen molar-refractivity contribution >= 4 is 17.5 Å². The summed E-state index contributed by atoms with van der Waals surface area (Å²) < 4.78 is 0. The standard InChI is InChI=1S/C22H33N3O2/c1-25(18-7-3-2-4-8-18)22(27)19-9-5-6-10-20(19)24-21(26)12-11-17-13-15-23-16-14-17/h5-6,9-10,17-18,23H,2-4,7-8,11-16H2,1H3,(H,24,26). The largest absolute Gasteiger partial charge is 0.339 e. The molecule has 5 heteroatoms. The number of rotatable bonds is 6. The molecular formula is C22H33N3O2. The van der Waals surface area contributed by atoms with Gasteiger partial charge in [0, 0.05) is 19.5 Å². The van der Waals surface area contributed by atoms with Crippen LogP contribution < -0.4 is 10.6 Å². The van der Waals surface area contributed by atoms with Crippen LogP contribution in [0.5, 0.6) is 0 Å². The van der Waals surface area contributed by atoms with Gasteiger partial charge < -0.3 is 15.5 Å². The molecule has 3 rings (SSSR count). The summed E-state index contributed by atoms with van der Waals surface area (Å²) in [5.41, 5.74) is 1.24. The van der Waals surface area contributed by atoms with E-state index in [0.717, 1.165) is 45.2 Å². The van der Waals surface area contributed by atoms with Gasteiger partial charge in [-0.25, -0.2) is 0 Å². The molecule has 2 fully saturated rings. The van der Waals surface area contributed by atoms with E-state index >= 15 is 0 Å². The highest BCUT2D eigenvalue weighted by atomic mass is 16.2. The quantitative estimate of drug-likeness (QED) is 0.799. The number of benzene rings is 1. The Balaban J connectivity index is 1.59. The van der Waals surface area contributed by atoms with Crippen LogP contribution in [-0.4, -0.2) is 42.9 Å². The van der Waals surface area contributed by atoms with Gasteiger partial charge in [-0.15, -0.1) is 0 Å². The molecule has 1 saturated heterocycles. The van der Waals surface area contributed by atoms with Crippen LogP contribution in [0, 0.1) is 5.92 Å². The Morgan fingerprint density at radius 1 is 1.07 bits per heavy atom. The van der Waals surface area contributed by atoms with Crippen molar-refractivity contribution in [2.75, 3.05) is 25.5 Å². The fourth-order valence-corrected chi connectivity index (χ4v) is 4.32. The highest BCUT2D eigenvalue weighted by Gasteiger charge is 2.25. The van der Waals surface area contributed by atoms with Gasteiger partial charge in [0.2, 0.25) is 5.91 Å². The first-order chi connectivity index (χ1) is 13.1. The molecular weight excluding hydrogens is 338 g/mol. The first kappa shape index (κ1) is 19.9. The third-order valence-corrected chi connectivity index (χ3v) is 6.11. The van der Waals surface area contributed by atoms with E-state index in [9.17, 15) is 9.59 Å². The Kier molecular flexibility index (Phi) is 7.27. The Hall–Kier alpha value is -1.88. The zero-order valence-electron chi connectivity index (χ0n) is 16.5. The monoisotopic (exact) mass is 371 g/mol. The zero-order valence-corrected chi connectivity index (χ0v) is 16.5. The molecule has 1 saturated carbocycles. The Morgan fingerprint density at radius 3 is 2.52 bits per heavy atom. The van der Waals surface area contributed by atoms with Gasteiger partial charge in [0.15, 0.2) is 0 Å². The van der Waals surface area contributed by atoms with E-state index < -0.39 is 0 Å². The van der Waals surface area contributed by atoms with Crippen molar-refractivity contribution in [1.29, 1.82) is 0 Å². The number of nitrogens with one attached hydrogen (secondary N) is 2. The number of amides is 2. The molecule has 0 bridgehead atoms. The number of carbonyl (C=O) groups excluding carboxylic acids is 2. The zero-order chi connectivity index (χ0) is 19.1. The number of anilines is 1. The van der Waals surface area contributed by atoms with Crippen molar-refractivity contribution in [2.45, 2.75) is 63.8 Å². The Labute approximate surface area is 162 Å². The lowest BCUT2D eigenvalue weighted by molar-refractivity contribution is -0.116. The van der Waals surface area contributed by atoms with Gasteiger partial charge in [-0.3, -0.25) is 9.59 Å². The van der Waals surface area contributed by atoms with Gasteiger partial charge in [0.05, 0.1) is 11.3 Å². The number of para-hydroxylation sites is 1. The van der Waals surface area contributed by atoms with Crippen LogP contribution in [0.3, 0.4) is 0 Å². The minimum atomic E-state index is 0.00843. The van der Waals surface area contributed by atoms with Gasteiger partial charge in [-0.05, 0) is 63.2 Å². The fraction of sp³-hybridized carbons (Fsp3) is 0.636. The summed E-state index contributed by atoms with van der Waals surface area (Å²) >= 11 is 0. The fourth-order valence-electron chi connectivity index (χ4n) is 4.32. The van der Waals surface area contributed by atoms with Gasteiger partial charge in [-0.1, -0.05) is 31.4 Å². The van der Waals surface area contributed by atoms with Crippen LogP contribution in [0.25, 0.3) is 0 Å². The molecule has 1 aliphatic heterocycles. The van der Waals surface area contributed by atoms with Gasteiger partial charge >= 0.3 is 0 Å². The van der Waals surface area contributed by atoms with E-state index in [2.05, 4.69) is 10.6 Å². The first-order valence-corrected chi connectivity index (χ1v) is 10.5. The predicted octanol–water partition coefficient (Wildman–Crippen LogP) is 3.81. The summed E-state index contributed by atoms with van der Waals surface area (Å²) in [5.74, 6) is 0.650. The smallest absolute Gasteiger partial charge is 0.255 e. The number of hydrogen-bond acceptors (Lipinski definition) is 3. The van der Waals surface area contributed by atoms with E-state index in [1.165, 1.54) is 19.3 Å². The number of piperidine rings is 1.